The molecule has 0 bridgehead atoms. The zero-order valence-electron chi connectivity index (χ0n) is 26.2. The molecule has 9 heteroatoms. The lowest BCUT2D eigenvalue weighted by atomic mass is 9.84. The van der Waals surface area contributed by atoms with E-state index >= 15 is 0 Å². The van der Waals surface area contributed by atoms with Crippen LogP contribution in [0.15, 0.2) is 71.5 Å². The highest BCUT2D eigenvalue weighted by molar-refractivity contribution is 6.76. The van der Waals surface area contributed by atoms with E-state index in [0.717, 1.165) is 17.2 Å². The zero-order chi connectivity index (χ0) is 31.4. The Balaban J connectivity index is 1.34. The minimum Gasteiger partial charge on any atom is -0.489 e. The van der Waals surface area contributed by atoms with Crippen LogP contribution in [0.2, 0.25) is 25.7 Å². The number of rotatable bonds is 11. The number of carbonyl (C=O) groups is 2. The van der Waals surface area contributed by atoms with Crippen LogP contribution in [-0.4, -0.2) is 41.4 Å². The van der Waals surface area contributed by atoms with Gasteiger partial charge in [0, 0.05) is 19.6 Å². The number of aryl methyl sites for hydroxylation is 2. The Morgan fingerprint density at radius 3 is 2.43 bits per heavy atom. The fourth-order valence-corrected chi connectivity index (χ4v) is 6.64. The summed E-state index contributed by atoms with van der Waals surface area (Å²) in [5.41, 5.74) is 4.00. The summed E-state index contributed by atoms with van der Waals surface area (Å²) in [5, 5.41) is 8.91. The Kier molecular flexibility index (Phi) is 9.44. The van der Waals surface area contributed by atoms with E-state index in [4.69, 9.17) is 9.47 Å². The van der Waals surface area contributed by atoms with Crippen LogP contribution in [0.5, 0.6) is 5.75 Å². The van der Waals surface area contributed by atoms with E-state index in [1.54, 1.807) is 36.4 Å². The molecule has 0 amide bonds. The normalized spacial score (nSPS) is 18.3. The van der Waals surface area contributed by atoms with Gasteiger partial charge in [-0.1, -0.05) is 66.3 Å². The Morgan fingerprint density at radius 1 is 0.955 bits per heavy atom. The van der Waals surface area contributed by atoms with Gasteiger partial charge < -0.3 is 9.47 Å². The molecule has 230 valence electrons. The van der Waals surface area contributed by atoms with Gasteiger partial charge in [-0.2, -0.15) is 0 Å². The largest absolute Gasteiger partial charge is 0.489 e. The number of Topliss-reactive ketones (excluding diaryl/α,β-unsaturated/α-hetero) is 1. The summed E-state index contributed by atoms with van der Waals surface area (Å²) < 4.78 is 13.1. The van der Waals surface area contributed by atoms with Gasteiger partial charge in [-0.05, 0) is 80.6 Å². The van der Waals surface area contributed by atoms with Gasteiger partial charge in [-0.15, -0.1) is 5.10 Å². The third kappa shape index (κ3) is 7.50. The molecule has 0 saturated heterocycles. The maximum Gasteiger partial charge on any atom is 0.310 e. The summed E-state index contributed by atoms with van der Waals surface area (Å²) in [6.45, 7) is 11.6. The first-order chi connectivity index (χ1) is 21.0. The van der Waals surface area contributed by atoms with Crippen LogP contribution in [0.25, 0.3) is 10.9 Å². The fraction of sp³-hybridized carbons (Fsp3) is 0.400. The number of nitrogens with zero attached hydrogens (tertiary/aromatic N) is 3. The summed E-state index contributed by atoms with van der Waals surface area (Å²) in [6, 6.07) is 21.6. The van der Waals surface area contributed by atoms with Crippen molar-refractivity contribution in [2.75, 3.05) is 6.61 Å². The molecular weight excluding hydrogens is 570 g/mol. The van der Waals surface area contributed by atoms with Crippen LogP contribution in [0.1, 0.15) is 39.9 Å². The second-order valence-corrected chi connectivity index (χ2v) is 18.8. The van der Waals surface area contributed by atoms with Gasteiger partial charge in [0.2, 0.25) is 0 Å². The topological polar surface area (TPSA) is 100 Å². The first kappa shape index (κ1) is 31.3. The van der Waals surface area contributed by atoms with Crippen LogP contribution in [-0.2, 0) is 22.7 Å². The molecule has 8 nitrogen and oxygen atoms in total. The minimum absolute atomic E-state index is 0.0996. The van der Waals surface area contributed by atoms with Crippen molar-refractivity contribution in [3.05, 3.63) is 99.3 Å². The van der Waals surface area contributed by atoms with E-state index in [-0.39, 0.29) is 29.8 Å². The number of hydrogen-bond donors (Lipinski definition) is 0. The van der Waals surface area contributed by atoms with Crippen molar-refractivity contribution in [2.45, 2.75) is 65.5 Å². The van der Waals surface area contributed by atoms with Gasteiger partial charge in [0.25, 0.3) is 5.56 Å². The lowest BCUT2D eigenvalue weighted by Gasteiger charge is -2.24. The van der Waals surface area contributed by atoms with Crippen LogP contribution >= 0.6 is 0 Å². The molecule has 0 spiro atoms. The van der Waals surface area contributed by atoms with Crippen molar-refractivity contribution in [3.63, 3.8) is 0 Å². The van der Waals surface area contributed by atoms with E-state index in [2.05, 4.69) is 36.0 Å². The van der Waals surface area contributed by atoms with E-state index in [1.165, 1.54) is 10.2 Å². The highest BCUT2D eigenvalue weighted by atomic mass is 28.3. The Morgan fingerprint density at radius 2 is 1.70 bits per heavy atom. The molecule has 1 fully saturated rings. The standard InChI is InChI=1S/C35H41N3O5Si/c1-23-7-6-8-25(19-23)22-43-28-13-10-26(11-14-28)33(39)29-15-12-27(32(29)35(41)42-17-18-44(3,4)5)21-38-34(40)30-20-24(2)9-16-31(30)36-37-38/h6-11,13-14,16,19-20,27,29,32H,12,15,17-18,21-22H2,1-5H3. The molecule has 1 heterocycles. The third-order valence-corrected chi connectivity index (χ3v) is 10.1. The molecule has 1 aliphatic rings. The van der Waals surface area contributed by atoms with Crippen LogP contribution in [0, 0.1) is 31.6 Å². The average Bonchev–Trinajstić information content (AvgIpc) is 3.40. The maximum absolute atomic E-state index is 13.9. The molecule has 0 aliphatic heterocycles. The van der Waals surface area contributed by atoms with Crippen molar-refractivity contribution in [1.82, 2.24) is 15.0 Å². The van der Waals surface area contributed by atoms with Gasteiger partial charge >= 0.3 is 5.97 Å². The van der Waals surface area contributed by atoms with Crippen molar-refractivity contribution in [1.29, 1.82) is 0 Å². The number of ketones is 1. The lowest BCUT2D eigenvalue weighted by molar-refractivity contribution is -0.150. The fourth-order valence-electron chi connectivity index (χ4n) is 5.92. The van der Waals surface area contributed by atoms with Gasteiger partial charge in [-0.3, -0.25) is 14.4 Å². The smallest absolute Gasteiger partial charge is 0.310 e. The summed E-state index contributed by atoms with van der Waals surface area (Å²) in [5.74, 6) is -1.32. The monoisotopic (exact) mass is 611 g/mol. The Hall–Kier alpha value is -4.11. The average molecular weight is 612 g/mol. The van der Waals surface area contributed by atoms with E-state index in [0.29, 0.717) is 48.3 Å². The van der Waals surface area contributed by atoms with Gasteiger partial charge in [0.15, 0.2) is 5.78 Å². The highest BCUT2D eigenvalue weighted by Crippen LogP contribution is 2.41. The summed E-state index contributed by atoms with van der Waals surface area (Å²) >= 11 is 0. The SMILES string of the molecule is Cc1cccc(COc2ccc(C(=O)C3CCC(Cn4nnc5ccc(C)cc5c4=O)C3C(=O)OCC[Si](C)(C)C)cc2)c1. The quantitative estimate of drug-likeness (QED) is 0.110. The number of carbonyl (C=O) groups excluding carboxylic acids is 2. The molecule has 1 saturated carbocycles. The summed E-state index contributed by atoms with van der Waals surface area (Å²) in [6.07, 6.45) is 1.12. The molecule has 4 aromatic rings. The maximum atomic E-state index is 13.9. The second kappa shape index (κ2) is 13.3. The predicted molar refractivity (Wildman–Crippen MR) is 174 cm³/mol. The van der Waals surface area contributed by atoms with E-state index in [9.17, 15) is 14.4 Å². The van der Waals surface area contributed by atoms with Gasteiger partial charge in [0.05, 0.1) is 24.5 Å². The molecule has 5 rings (SSSR count). The number of benzene rings is 3. The number of ether oxygens (including phenoxy) is 2. The number of fused-ring (bicyclic) bond motifs is 1. The highest BCUT2D eigenvalue weighted by Gasteiger charge is 2.46. The van der Waals surface area contributed by atoms with Crippen LogP contribution in [0.3, 0.4) is 0 Å². The van der Waals surface area contributed by atoms with Gasteiger partial charge in [-0.25, -0.2) is 4.68 Å². The molecule has 44 heavy (non-hydrogen) atoms. The Bertz CT molecular complexity index is 1710. The molecule has 1 aromatic heterocycles. The first-order valence-corrected chi connectivity index (χ1v) is 19.0. The molecule has 3 aromatic carbocycles. The van der Waals surface area contributed by atoms with Crippen molar-refractivity contribution in [3.8, 4) is 5.75 Å². The zero-order valence-corrected chi connectivity index (χ0v) is 27.2. The van der Waals surface area contributed by atoms with Crippen molar-refractivity contribution >= 4 is 30.7 Å². The number of aromatic nitrogens is 3. The third-order valence-electron chi connectivity index (χ3n) is 8.41. The van der Waals surface area contributed by atoms with Crippen LogP contribution in [0.4, 0.5) is 0 Å². The predicted octanol–water partition coefficient (Wildman–Crippen LogP) is 6.39. The van der Waals surface area contributed by atoms with Crippen molar-refractivity contribution in [2.24, 2.45) is 17.8 Å². The van der Waals surface area contributed by atoms with Crippen molar-refractivity contribution < 1.29 is 19.1 Å². The molecule has 1 aliphatic carbocycles. The minimum atomic E-state index is -1.43. The lowest BCUT2D eigenvalue weighted by Crippen LogP contribution is -2.36. The van der Waals surface area contributed by atoms with E-state index < -0.39 is 19.9 Å². The molecule has 0 N–H and O–H groups in total. The number of hydrogen-bond acceptors (Lipinski definition) is 7. The first-order valence-electron chi connectivity index (χ1n) is 15.3. The summed E-state index contributed by atoms with van der Waals surface area (Å²) in [4.78, 5) is 40.8. The molecule has 3 atom stereocenters. The number of esters is 1. The van der Waals surface area contributed by atoms with Crippen LogP contribution < -0.4 is 10.3 Å². The Labute approximate surface area is 259 Å². The molecule has 3 unspecified atom stereocenters. The molecular formula is C35H41N3O5Si. The van der Waals surface area contributed by atoms with Gasteiger partial charge in [0.1, 0.15) is 17.9 Å². The summed E-state index contributed by atoms with van der Waals surface area (Å²) in [7, 11) is -1.43. The second-order valence-electron chi connectivity index (χ2n) is 13.2. The molecule has 0 radical (unpaired) electrons. The van der Waals surface area contributed by atoms with E-state index in [1.807, 2.05) is 38.1 Å².